The summed E-state index contributed by atoms with van der Waals surface area (Å²) in [4.78, 5) is 25.0. The van der Waals surface area contributed by atoms with Gasteiger partial charge in [0.15, 0.2) is 0 Å². The van der Waals surface area contributed by atoms with Gasteiger partial charge in [-0.05, 0) is 12.5 Å². The summed E-state index contributed by atoms with van der Waals surface area (Å²) >= 11 is 0. The molecule has 0 radical (unpaired) electrons. The lowest BCUT2D eigenvalue weighted by Gasteiger charge is -2.39. The van der Waals surface area contributed by atoms with E-state index in [2.05, 4.69) is 10.0 Å². The first-order chi connectivity index (χ1) is 9.99. The Labute approximate surface area is 122 Å². The largest absolute Gasteiger partial charge is 0.463 e. The zero-order valence-corrected chi connectivity index (χ0v) is 12.3. The summed E-state index contributed by atoms with van der Waals surface area (Å²) in [6.45, 7) is 4.55. The van der Waals surface area contributed by atoms with Crippen molar-refractivity contribution < 1.29 is 23.8 Å². The molecule has 1 aliphatic heterocycles. The fourth-order valence-electron chi connectivity index (χ4n) is 2.22. The molecular formula is C13H19N3O5. The number of hydrogen-bond acceptors (Lipinski definition) is 6. The Bertz CT molecular complexity index is 459. The van der Waals surface area contributed by atoms with Gasteiger partial charge >= 0.3 is 11.9 Å². The molecule has 0 aromatic carbocycles. The van der Waals surface area contributed by atoms with Crippen LogP contribution in [0.5, 0.6) is 0 Å². The Kier molecular flexibility index (Phi) is 6.71. The number of allylic oxidation sites excluding steroid dienone is 1. The van der Waals surface area contributed by atoms with Gasteiger partial charge in [-0.1, -0.05) is 17.3 Å². The van der Waals surface area contributed by atoms with Gasteiger partial charge in [0.25, 0.3) is 0 Å². The van der Waals surface area contributed by atoms with Crippen LogP contribution in [0, 0.1) is 5.92 Å². The number of carbonyl (C=O) groups is 2. The number of hydrogen-bond donors (Lipinski definition) is 0. The first-order valence-electron chi connectivity index (χ1n) is 6.58. The maximum atomic E-state index is 11.3. The highest BCUT2D eigenvalue weighted by Crippen LogP contribution is 2.28. The molecule has 0 saturated carbocycles. The van der Waals surface area contributed by atoms with Crippen LogP contribution in [0.25, 0.3) is 10.4 Å². The Morgan fingerprint density at radius 3 is 2.67 bits per heavy atom. The molecule has 1 heterocycles. The molecule has 0 amide bonds. The van der Waals surface area contributed by atoms with Crippen LogP contribution in [0.15, 0.2) is 17.3 Å². The highest BCUT2D eigenvalue weighted by Gasteiger charge is 2.41. The first-order valence-corrected chi connectivity index (χ1v) is 6.58. The molecule has 8 heteroatoms. The maximum absolute atomic E-state index is 11.3. The molecule has 1 fully saturated rings. The van der Waals surface area contributed by atoms with Gasteiger partial charge in [0.2, 0.25) is 0 Å². The number of nitrogens with zero attached hydrogens (tertiary/aromatic N) is 3. The Hall–Kier alpha value is -2.05. The van der Waals surface area contributed by atoms with E-state index in [1.54, 1.807) is 12.2 Å². The summed E-state index contributed by atoms with van der Waals surface area (Å²) in [5, 5.41) is 3.62. The normalized spacial score (nSPS) is 28.7. The van der Waals surface area contributed by atoms with Crippen molar-refractivity contribution in [3.63, 3.8) is 0 Å². The molecule has 0 N–H and O–H groups in total. The SMILES string of the molecule is C/C=C/[C@H]1C(COC(C)=O)OCC(N=[N+]=[N-])[C@H]1OC(C)=O. The second-order valence-corrected chi connectivity index (χ2v) is 4.62. The molecule has 1 aliphatic rings. The van der Waals surface area contributed by atoms with E-state index in [9.17, 15) is 9.59 Å². The Morgan fingerprint density at radius 2 is 2.14 bits per heavy atom. The average Bonchev–Trinajstić information content (AvgIpc) is 2.41. The van der Waals surface area contributed by atoms with E-state index in [0.717, 1.165) is 0 Å². The highest BCUT2D eigenvalue weighted by atomic mass is 16.6. The molecule has 0 spiro atoms. The van der Waals surface area contributed by atoms with E-state index in [0.29, 0.717) is 0 Å². The predicted molar refractivity (Wildman–Crippen MR) is 73.2 cm³/mol. The molecule has 0 bridgehead atoms. The third-order valence-electron chi connectivity index (χ3n) is 3.04. The van der Waals surface area contributed by atoms with Gasteiger partial charge in [-0.3, -0.25) is 9.59 Å². The van der Waals surface area contributed by atoms with E-state index in [1.165, 1.54) is 13.8 Å². The van der Waals surface area contributed by atoms with Crippen LogP contribution in [0.1, 0.15) is 20.8 Å². The summed E-state index contributed by atoms with van der Waals surface area (Å²) in [6.07, 6.45) is 2.47. The van der Waals surface area contributed by atoms with E-state index in [1.807, 2.05) is 6.92 Å². The van der Waals surface area contributed by atoms with Gasteiger partial charge in [-0.25, -0.2) is 0 Å². The molecule has 8 nitrogen and oxygen atoms in total. The van der Waals surface area contributed by atoms with Gasteiger partial charge in [0, 0.05) is 24.7 Å². The Balaban J connectivity index is 2.96. The summed E-state index contributed by atoms with van der Waals surface area (Å²) in [6, 6.07) is -0.617. The van der Waals surface area contributed by atoms with Crippen molar-refractivity contribution in [1.82, 2.24) is 0 Å². The molecule has 21 heavy (non-hydrogen) atoms. The van der Waals surface area contributed by atoms with Crippen LogP contribution in [0.4, 0.5) is 0 Å². The smallest absolute Gasteiger partial charge is 0.302 e. The van der Waals surface area contributed by atoms with Crippen molar-refractivity contribution in [3.05, 3.63) is 22.6 Å². The summed E-state index contributed by atoms with van der Waals surface area (Å²) in [7, 11) is 0. The van der Waals surface area contributed by atoms with Crippen LogP contribution >= 0.6 is 0 Å². The molecule has 0 aromatic heterocycles. The molecule has 0 aromatic rings. The number of ether oxygens (including phenoxy) is 3. The van der Waals surface area contributed by atoms with Gasteiger partial charge in [0.05, 0.1) is 12.6 Å². The fourth-order valence-corrected chi connectivity index (χ4v) is 2.22. The van der Waals surface area contributed by atoms with Crippen LogP contribution in [0.3, 0.4) is 0 Å². The van der Waals surface area contributed by atoms with Gasteiger partial charge in [0.1, 0.15) is 18.8 Å². The van der Waals surface area contributed by atoms with Gasteiger partial charge in [-0.15, -0.1) is 0 Å². The van der Waals surface area contributed by atoms with Crippen LogP contribution in [0.2, 0.25) is 0 Å². The first kappa shape index (κ1) is 17.0. The summed E-state index contributed by atoms with van der Waals surface area (Å²) in [5.41, 5.74) is 8.60. The minimum atomic E-state index is -0.649. The maximum Gasteiger partial charge on any atom is 0.302 e. The number of carbonyl (C=O) groups excluding carboxylic acids is 2. The molecular weight excluding hydrogens is 278 g/mol. The number of esters is 2. The van der Waals surface area contributed by atoms with Gasteiger partial charge in [-0.2, -0.15) is 0 Å². The van der Waals surface area contributed by atoms with Crippen molar-refractivity contribution in [1.29, 1.82) is 0 Å². The quantitative estimate of drug-likeness (QED) is 0.252. The van der Waals surface area contributed by atoms with Crippen molar-refractivity contribution in [2.45, 2.75) is 39.0 Å². The van der Waals surface area contributed by atoms with Crippen molar-refractivity contribution in [2.24, 2.45) is 11.0 Å². The summed E-state index contributed by atoms with van der Waals surface area (Å²) < 4.78 is 15.8. The number of rotatable bonds is 5. The van der Waals surface area contributed by atoms with Crippen molar-refractivity contribution in [3.8, 4) is 0 Å². The lowest BCUT2D eigenvalue weighted by Crippen LogP contribution is -2.51. The zero-order valence-electron chi connectivity index (χ0n) is 12.3. The molecule has 1 saturated heterocycles. The van der Waals surface area contributed by atoms with E-state index >= 15 is 0 Å². The van der Waals surface area contributed by atoms with E-state index in [4.69, 9.17) is 19.7 Å². The molecule has 2 unspecified atom stereocenters. The molecule has 116 valence electrons. The molecule has 0 aliphatic carbocycles. The molecule has 4 atom stereocenters. The second-order valence-electron chi connectivity index (χ2n) is 4.62. The van der Waals surface area contributed by atoms with Crippen LogP contribution < -0.4 is 0 Å². The third kappa shape index (κ3) is 5.09. The average molecular weight is 297 g/mol. The van der Waals surface area contributed by atoms with E-state index in [-0.39, 0.29) is 19.1 Å². The third-order valence-corrected chi connectivity index (χ3v) is 3.04. The monoisotopic (exact) mass is 297 g/mol. The topological polar surface area (TPSA) is 111 Å². The Morgan fingerprint density at radius 1 is 1.43 bits per heavy atom. The van der Waals surface area contributed by atoms with Gasteiger partial charge < -0.3 is 14.2 Å². The molecule has 1 rings (SSSR count). The van der Waals surface area contributed by atoms with Crippen molar-refractivity contribution >= 4 is 11.9 Å². The minimum absolute atomic E-state index is 0.0467. The summed E-state index contributed by atoms with van der Waals surface area (Å²) in [5.74, 6) is -1.25. The fraction of sp³-hybridized carbons (Fsp3) is 0.692. The second kappa shape index (κ2) is 8.28. The standard InChI is InChI=1S/C13H19N3O5/c1-4-5-10-12(7-19-8(2)17)20-6-11(15-16-14)13(10)21-9(3)18/h4-5,10-13H,6-7H2,1-3H3/b5-4+/t10-,11?,12?,13-/m0/s1. The highest BCUT2D eigenvalue weighted by molar-refractivity contribution is 5.66. The minimum Gasteiger partial charge on any atom is -0.463 e. The van der Waals surface area contributed by atoms with Crippen LogP contribution in [-0.2, 0) is 23.8 Å². The predicted octanol–water partition coefficient (Wildman–Crippen LogP) is 1.75. The van der Waals surface area contributed by atoms with E-state index < -0.39 is 30.2 Å². The lowest BCUT2D eigenvalue weighted by molar-refractivity contribution is -0.170. The van der Waals surface area contributed by atoms with Crippen molar-refractivity contribution in [2.75, 3.05) is 13.2 Å². The van der Waals surface area contributed by atoms with Crippen LogP contribution in [-0.4, -0.2) is 43.4 Å². The zero-order chi connectivity index (χ0) is 15.8. The number of azide groups is 1. The lowest BCUT2D eigenvalue weighted by atomic mass is 9.88.